The third-order valence-electron chi connectivity index (χ3n) is 4.51. The highest BCUT2D eigenvalue weighted by molar-refractivity contribution is 7.22. The van der Waals surface area contributed by atoms with Crippen LogP contribution in [0.15, 0.2) is 71.8 Å². The number of fused-ring (bicyclic) bond motifs is 1. The number of halogens is 1. The van der Waals surface area contributed by atoms with Crippen LogP contribution in [0.1, 0.15) is 28.4 Å². The SMILES string of the molecule is CCOc1ccc(/C=N/N(C(=O)c2ccc(F)cc2)c2nc3ccc(C)cc3s2)cc1. The second-order valence-electron chi connectivity index (χ2n) is 6.84. The molecule has 0 bridgehead atoms. The number of aryl methyl sites for hydroxylation is 1. The Labute approximate surface area is 183 Å². The number of rotatable bonds is 6. The fourth-order valence-corrected chi connectivity index (χ4v) is 3.98. The van der Waals surface area contributed by atoms with Gasteiger partial charge in [0.2, 0.25) is 5.13 Å². The number of anilines is 1. The molecule has 0 unspecified atom stereocenters. The molecule has 156 valence electrons. The van der Waals surface area contributed by atoms with Crippen LogP contribution in [0.4, 0.5) is 9.52 Å². The Kier molecular flexibility index (Phi) is 6.04. The number of thiazole rings is 1. The molecule has 4 rings (SSSR count). The van der Waals surface area contributed by atoms with Crippen LogP contribution in [-0.4, -0.2) is 23.7 Å². The summed E-state index contributed by atoms with van der Waals surface area (Å²) in [7, 11) is 0. The molecule has 3 aromatic carbocycles. The zero-order chi connectivity index (χ0) is 21.8. The lowest BCUT2D eigenvalue weighted by Gasteiger charge is -2.14. The van der Waals surface area contributed by atoms with Gasteiger partial charge in [0.15, 0.2) is 0 Å². The van der Waals surface area contributed by atoms with Gasteiger partial charge in [-0.25, -0.2) is 9.37 Å². The number of carbonyl (C=O) groups excluding carboxylic acids is 1. The number of nitrogens with zero attached hydrogens (tertiary/aromatic N) is 3. The summed E-state index contributed by atoms with van der Waals surface area (Å²) in [5.74, 6) is -0.0325. The average Bonchev–Trinajstić information content (AvgIpc) is 3.18. The summed E-state index contributed by atoms with van der Waals surface area (Å²) in [5, 5.41) is 6.12. The maximum Gasteiger partial charge on any atom is 0.280 e. The van der Waals surface area contributed by atoms with Crippen molar-refractivity contribution in [2.24, 2.45) is 5.10 Å². The quantitative estimate of drug-likeness (QED) is 0.284. The standard InChI is InChI=1S/C24H20FN3O2S/c1-3-30-20-11-5-17(6-12-20)15-26-28(23(29)18-7-9-19(25)10-8-18)24-27-21-13-4-16(2)14-22(21)31-24/h4-15H,3H2,1-2H3/b26-15+. The fourth-order valence-electron chi connectivity index (χ4n) is 2.95. The summed E-state index contributed by atoms with van der Waals surface area (Å²) in [4.78, 5) is 17.8. The number of hydrogen-bond acceptors (Lipinski definition) is 5. The Balaban J connectivity index is 1.70. The number of ether oxygens (including phenoxy) is 1. The summed E-state index contributed by atoms with van der Waals surface area (Å²) in [6.45, 7) is 4.52. The topological polar surface area (TPSA) is 54.8 Å². The summed E-state index contributed by atoms with van der Waals surface area (Å²) >= 11 is 1.38. The molecule has 5 nitrogen and oxygen atoms in total. The van der Waals surface area contributed by atoms with Gasteiger partial charge < -0.3 is 4.74 Å². The molecule has 0 aliphatic heterocycles. The Morgan fingerprint density at radius 1 is 1.13 bits per heavy atom. The van der Waals surface area contributed by atoms with Crippen LogP contribution in [0, 0.1) is 12.7 Å². The Hall–Kier alpha value is -3.58. The molecule has 0 N–H and O–H groups in total. The molecule has 0 atom stereocenters. The molecule has 0 aliphatic rings. The monoisotopic (exact) mass is 433 g/mol. The van der Waals surface area contributed by atoms with Gasteiger partial charge in [-0.3, -0.25) is 4.79 Å². The molecule has 1 amide bonds. The molecular weight excluding hydrogens is 413 g/mol. The van der Waals surface area contributed by atoms with Crippen LogP contribution in [0.25, 0.3) is 10.2 Å². The van der Waals surface area contributed by atoms with E-state index >= 15 is 0 Å². The minimum absolute atomic E-state index is 0.320. The van der Waals surface area contributed by atoms with Crippen LogP contribution in [0.3, 0.4) is 0 Å². The van der Waals surface area contributed by atoms with Crippen LogP contribution in [0.2, 0.25) is 0 Å². The van der Waals surface area contributed by atoms with Crippen LogP contribution in [-0.2, 0) is 0 Å². The number of carbonyl (C=O) groups is 1. The average molecular weight is 434 g/mol. The molecule has 31 heavy (non-hydrogen) atoms. The van der Waals surface area contributed by atoms with Gasteiger partial charge >= 0.3 is 0 Å². The van der Waals surface area contributed by atoms with Gasteiger partial charge in [-0.15, -0.1) is 0 Å². The van der Waals surface area contributed by atoms with Crippen molar-refractivity contribution in [2.45, 2.75) is 13.8 Å². The molecule has 4 aromatic rings. The van der Waals surface area contributed by atoms with E-state index in [9.17, 15) is 9.18 Å². The highest BCUT2D eigenvalue weighted by Crippen LogP contribution is 2.30. The van der Waals surface area contributed by atoms with E-state index in [2.05, 4.69) is 10.1 Å². The van der Waals surface area contributed by atoms with E-state index in [0.29, 0.717) is 17.3 Å². The normalized spacial score (nSPS) is 11.2. The predicted molar refractivity (Wildman–Crippen MR) is 123 cm³/mol. The van der Waals surface area contributed by atoms with Crippen molar-refractivity contribution >= 4 is 38.8 Å². The third-order valence-corrected chi connectivity index (χ3v) is 5.50. The van der Waals surface area contributed by atoms with E-state index in [1.807, 2.05) is 56.3 Å². The lowest BCUT2D eigenvalue weighted by molar-refractivity contribution is 0.0988. The van der Waals surface area contributed by atoms with Gasteiger partial charge in [0, 0.05) is 5.56 Å². The van der Waals surface area contributed by atoms with Crippen molar-refractivity contribution < 1.29 is 13.9 Å². The Morgan fingerprint density at radius 3 is 2.58 bits per heavy atom. The number of amides is 1. The van der Waals surface area contributed by atoms with Gasteiger partial charge in [0.05, 0.1) is 23.0 Å². The van der Waals surface area contributed by atoms with Gasteiger partial charge in [-0.05, 0) is 85.6 Å². The van der Waals surface area contributed by atoms with Gasteiger partial charge in [-0.2, -0.15) is 10.1 Å². The molecule has 0 radical (unpaired) electrons. The van der Waals surface area contributed by atoms with E-state index in [1.165, 1.54) is 40.6 Å². The van der Waals surface area contributed by atoms with Crippen molar-refractivity contribution in [3.05, 3.63) is 89.2 Å². The molecule has 0 saturated heterocycles. The van der Waals surface area contributed by atoms with Crippen molar-refractivity contribution in [1.29, 1.82) is 0 Å². The van der Waals surface area contributed by atoms with E-state index in [-0.39, 0.29) is 0 Å². The van der Waals surface area contributed by atoms with E-state index in [1.54, 1.807) is 6.21 Å². The third kappa shape index (κ3) is 4.78. The largest absolute Gasteiger partial charge is 0.494 e. The zero-order valence-electron chi connectivity index (χ0n) is 17.1. The van der Waals surface area contributed by atoms with Gasteiger partial charge in [0.1, 0.15) is 11.6 Å². The maximum atomic E-state index is 13.3. The van der Waals surface area contributed by atoms with Gasteiger partial charge in [0.25, 0.3) is 5.91 Å². The highest BCUT2D eigenvalue weighted by Gasteiger charge is 2.21. The second kappa shape index (κ2) is 9.06. The van der Waals surface area contributed by atoms with Gasteiger partial charge in [-0.1, -0.05) is 17.4 Å². The first-order chi connectivity index (χ1) is 15.0. The predicted octanol–water partition coefficient (Wildman–Crippen LogP) is 5.82. The first-order valence-electron chi connectivity index (χ1n) is 9.77. The lowest BCUT2D eigenvalue weighted by atomic mass is 10.2. The summed E-state index contributed by atoms with van der Waals surface area (Å²) in [6.07, 6.45) is 1.59. The summed E-state index contributed by atoms with van der Waals surface area (Å²) in [6, 6.07) is 18.7. The highest BCUT2D eigenvalue weighted by atomic mass is 32.1. The summed E-state index contributed by atoms with van der Waals surface area (Å²) in [5.41, 5.74) is 3.02. The van der Waals surface area contributed by atoms with Crippen LogP contribution < -0.4 is 9.75 Å². The molecule has 1 aromatic heterocycles. The minimum Gasteiger partial charge on any atom is -0.494 e. The molecule has 0 spiro atoms. The van der Waals surface area contributed by atoms with Crippen LogP contribution in [0.5, 0.6) is 5.75 Å². The number of benzene rings is 3. The summed E-state index contributed by atoms with van der Waals surface area (Å²) < 4.78 is 19.8. The van der Waals surface area contributed by atoms with E-state index in [0.717, 1.165) is 27.1 Å². The Morgan fingerprint density at radius 2 is 1.87 bits per heavy atom. The Bertz CT molecular complexity index is 1230. The first kappa shape index (κ1) is 20.7. The number of hydrogen-bond donors (Lipinski definition) is 0. The second-order valence-corrected chi connectivity index (χ2v) is 7.85. The lowest BCUT2D eigenvalue weighted by Crippen LogP contribution is -2.25. The van der Waals surface area contributed by atoms with E-state index in [4.69, 9.17) is 4.74 Å². The van der Waals surface area contributed by atoms with Crippen molar-refractivity contribution in [3.8, 4) is 5.75 Å². The maximum absolute atomic E-state index is 13.3. The fraction of sp³-hybridized carbons (Fsp3) is 0.125. The smallest absolute Gasteiger partial charge is 0.280 e. The molecule has 0 saturated carbocycles. The van der Waals surface area contributed by atoms with Crippen molar-refractivity contribution in [2.75, 3.05) is 11.6 Å². The molecule has 1 heterocycles. The first-order valence-corrected chi connectivity index (χ1v) is 10.6. The van der Waals surface area contributed by atoms with E-state index < -0.39 is 11.7 Å². The van der Waals surface area contributed by atoms with Crippen LogP contribution >= 0.6 is 11.3 Å². The number of aromatic nitrogens is 1. The molecule has 0 fully saturated rings. The molecule has 7 heteroatoms. The molecular formula is C24H20FN3O2S. The molecule has 0 aliphatic carbocycles. The van der Waals surface area contributed by atoms with Crippen molar-refractivity contribution in [3.63, 3.8) is 0 Å². The zero-order valence-corrected chi connectivity index (χ0v) is 17.9. The number of hydrazone groups is 1. The van der Waals surface area contributed by atoms with Crippen molar-refractivity contribution in [1.82, 2.24) is 4.98 Å². The minimum atomic E-state index is -0.406.